The molecule has 0 spiro atoms. The maximum atomic E-state index is 13.9. The van der Waals surface area contributed by atoms with Gasteiger partial charge in [0.2, 0.25) is 0 Å². The van der Waals surface area contributed by atoms with Crippen LogP contribution in [0.5, 0.6) is 0 Å². The van der Waals surface area contributed by atoms with Crippen LogP contribution in [0, 0.1) is 6.92 Å². The molecule has 0 saturated heterocycles. The fourth-order valence-corrected chi connectivity index (χ4v) is 8.71. The average Bonchev–Trinajstić information content (AvgIpc) is 2.89. The topological polar surface area (TPSA) is 42.0 Å². The Labute approximate surface area is 201 Å². The van der Waals surface area contributed by atoms with Gasteiger partial charge >= 0.3 is 0 Å². The van der Waals surface area contributed by atoms with Crippen molar-refractivity contribution in [1.82, 2.24) is 4.98 Å². The van der Waals surface area contributed by atoms with Crippen molar-refractivity contribution in [3.63, 3.8) is 0 Å². The lowest BCUT2D eigenvalue weighted by atomic mass is 10.1. The molecule has 0 bridgehead atoms. The molecule has 0 fully saturated rings. The molecule has 0 atom stereocenters. The smallest absolute Gasteiger partial charge is 0.255 e. The van der Waals surface area contributed by atoms with Gasteiger partial charge in [0, 0.05) is 17.1 Å². The monoisotopic (exact) mass is 458 g/mol. The van der Waals surface area contributed by atoms with Crippen molar-refractivity contribution in [2.75, 3.05) is 5.32 Å². The van der Waals surface area contributed by atoms with Crippen LogP contribution in [0.25, 0.3) is 10.9 Å². The highest BCUT2D eigenvalue weighted by molar-refractivity contribution is 7.11. The highest BCUT2D eigenvalue weighted by Crippen LogP contribution is 2.22. The van der Waals surface area contributed by atoms with Crippen molar-refractivity contribution in [2.45, 2.75) is 13.5 Å². The zero-order chi connectivity index (χ0) is 23.5. The van der Waals surface area contributed by atoms with Crippen LogP contribution in [0.4, 0.5) is 5.69 Å². The van der Waals surface area contributed by atoms with Gasteiger partial charge in [-0.25, -0.2) is 0 Å². The van der Waals surface area contributed by atoms with Crippen molar-refractivity contribution in [1.29, 1.82) is 0 Å². The Morgan fingerprint density at radius 1 is 0.735 bits per heavy atom. The Balaban J connectivity index is 1.68. The van der Waals surface area contributed by atoms with E-state index in [-0.39, 0.29) is 5.91 Å². The standard InChI is InChI=1S/C30H26N2OSi/c1-22-12-9-20-27(34(2,24-15-5-3-6-16-24)25-17-7-4-8-18-25)28(22)30(33)32-26-19-10-13-23-14-11-21-31-29(23)26/h3-21H,1-2H3,(H,32,33). The van der Waals surface area contributed by atoms with E-state index >= 15 is 0 Å². The summed E-state index contributed by atoms with van der Waals surface area (Å²) in [6, 6.07) is 37.2. The van der Waals surface area contributed by atoms with Crippen LogP contribution in [0.15, 0.2) is 115 Å². The molecule has 4 heteroatoms. The Hall–Kier alpha value is -4.02. The molecule has 5 aromatic rings. The van der Waals surface area contributed by atoms with E-state index in [1.807, 2.05) is 55.5 Å². The van der Waals surface area contributed by atoms with Gasteiger partial charge in [0.15, 0.2) is 0 Å². The van der Waals surface area contributed by atoms with Crippen LogP contribution in [-0.2, 0) is 0 Å². The number of fused-ring (bicyclic) bond motifs is 1. The van der Waals surface area contributed by atoms with Crippen LogP contribution < -0.4 is 20.9 Å². The molecule has 0 unspecified atom stereocenters. The summed E-state index contributed by atoms with van der Waals surface area (Å²) >= 11 is 0. The van der Waals surface area contributed by atoms with Crippen LogP contribution in [0.3, 0.4) is 0 Å². The van der Waals surface area contributed by atoms with Crippen molar-refractivity contribution in [3.8, 4) is 0 Å². The fourth-order valence-electron chi connectivity index (χ4n) is 4.80. The number of carbonyl (C=O) groups excluding carboxylic acids is 1. The summed E-state index contributed by atoms with van der Waals surface area (Å²) in [5.41, 5.74) is 3.23. The second-order valence-corrected chi connectivity index (χ2v) is 12.6. The lowest BCUT2D eigenvalue weighted by Gasteiger charge is -2.32. The molecule has 0 aliphatic heterocycles. The molecule has 1 heterocycles. The van der Waals surface area contributed by atoms with E-state index in [1.54, 1.807) is 6.20 Å². The summed E-state index contributed by atoms with van der Waals surface area (Å²) in [4.78, 5) is 18.4. The fraction of sp³-hybridized carbons (Fsp3) is 0.0667. The summed E-state index contributed by atoms with van der Waals surface area (Å²) in [5.74, 6) is -0.100. The van der Waals surface area contributed by atoms with Crippen LogP contribution in [0.2, 0.25) is 6.55 Å². The van der Waals surface area contributed by atoms with Gasteiger partial charge in [0.25, 0.3) is 5.91 Å². The first kappa shape index (κ1) is 21.8. The Kier molecular flexibility index (Phi) is 5.82. The molecular formula is C30H26N2OSi. The first-order chi connectivity index (χ1) is 16.6. The number of nitrogens with one attached hydrogen (secondary N) is 1. The molecule has 166 valence electrons. The highest BCUT2D eigenvalue weighted by Gasteiger charge is 2.37. The maximum Gasteiger partial charge on any atom is 0.255 e. The molecule has 0 radical (unpaired) electrons. The molecule has 0 saturated carbocycles. The van der Waals surface area contributed by atoms with Crippen LogP contribution in [-0.4, -0.2) is 19.0 Å². The van der Waals surface area contributed by atoms with Crippen molar-refractivity contribution in [3.05, 3.63) is 127 Å². The SMILES string of the molecule is Cc1cccc([Si](C)(c2ccccc2)c2ccccc2)c1C(=O)Nc1cccc2cccnc12. The van der Waals surface area contributed by atoms with Crippen molar-refractivity contribution in [2.24, 2.45) is 0 Å². The number of hydrogen-bond donors (Lipinski definition) is 1. The number of rotatable bonds is 5. The van der Waals surface area contributed by atoms with Gasteiger partial charge in [-0.3, -0.25) is 9.78 Å². The average molecular weight is 459 g/mol. The number of benzene rings is 4. The minimum atomic E-state index is -2.46. The quantitative estimate of drug-likeness (QED) is 0.301. The number of amides is 1. The molecular weight excluding hydrogens is 432 g/mol. The van der Waals surface area contributed by atoms with E-state index in [0.717, 1.165) is 32.9 Å². The minimum Gasteiger partial charge on any atom is -0.320 e. The number of nitrogens with zero attached hydrogens (tertiary/aromatic N) is 1. The summed E-state index contributed by atoms with van der Waals surface area (Å²) in [5, 5.41) is 7.83. The number of pyridine rings is 1. The second-order valence-electron chi connectivity index (χ2n) is 8.69. The van der Waals surface area contributed by atoms with Crippen LogP contribution >= 0.6 is 0 Å². The van der Waals surface area contributed by atoms with Gasteiger partial charge in [0.1, 0.15) is 8.07 Å². The number of carbonyl (C=O) groups is 1. The third-order valence-corrected chi connectivity index (χ3v) is 11.1. The van der Waals surface area contributed by atoms with Gasteiger partial charge < -0.3 is 5.32 Å². The number of para-hydroxylation sites is 1. The predicted molar refractivity (Wildman–Crippen MR) is 144 cm³/mol. The van der Waals surface area contributed by atoms with E-state index < -0.39 is 8.07 Å². The molecule has 0 aliphatic carbocycles. The molecule has 3 nitrogen and oxygen atoms in total. The summed E-state index contributed by atoms with van der Waals surface area (Å²) < 4.78 is 0. The number of aryl methyl sites for hydroxylation is 1. The number of aromatic nitrogens is 1. The van der Waals surface area contributed by atoms with Crippen LogP contribution in [0.1, 0.15) is 15.9 Å². The third kappa shape index (κ3) is 3.82. The highest BCUT2D eigenvalue weighted by atomic mass is 28.3. The zero-order valence-electron chi connectivity index (χ0n) is 19.3. The molecule has 0 aliphatic rings. The van der Waals surface area contributed by atoms with E-state index in [1.165, 1.54) is 10.4 Å². The van der Waals surface area contributed by atoms with Crippen molar-refractivity contribution < 1.29 is 4.79 Å². The minimum absolute atomic E-state index is 0.100. The first-order valence-corrected chi connectivity index (χ1v) is 14.0. The van der Waals surface area contributed by atoms with Gasteiger partial charge in [-0.05, 0) is 40.2 Å². The van der Waals surface area contributed by atoms with Gasteiger partial charge in [0.05, 0.1) is 11.2 Å². The van der Waals surface area contributed by atoms with Gasteiger partial charge in [-0.1, -0.05) is 104 Å². The summed E-state index contributed by atoms with van der Waals surface area (Å²) in [6.07, 6.45) is 1.76. The molecule has 1 N–H and O–H groups in total. The maximum absolute atomic E-state index is 13.9. The molecule has 1 amide bonds. The Morgan fingerprint density at radius 3 is 2.03 bits per heavy atom. The lowest BCUT2D eigenvalue weighted by Crippen LogP contribution is -2.66. The normalized spacial score (nSPS) is 11.4. The summed E-state index contributed by atoms with van der Waals surface area (Å²) in [7, 11) is -2.46. The summed E-state index contributed by atoms with van der Waals surface area (Å²) in [6.45, 7) is 4.35. The lowest BCUT2D eigenvalue weighted by molar-refractivity contribution is 0.102. The van der Waals surface area contributed by atoms with Crippen molar-refractivity contribution >= 4 is 46.1 Å². The van der Waals surface area contributed by atoms with E-state index in [4.69, 9.17) is 0 Å². The third-order valence-electron chi connectivity index (χ3n) is 6.62. The van der Waals surface area contributed by atoms with Gasteiger partial charge in [-0.15, -0.1) is 0 Å². The Morgan fingerprint density at radius 2 is 1.35 bits per heavy atom. The first-order valence-electron chi connectivity index (χ1n) is 11.5. The Bertz CT molecular complexity index is 1420. The zero-order valence-corrected chi connectivity index (χ0v) is 20.3. The van der Waals surface area contributed by atoms with E-state index in [2.05, 4.69) is 77.5 Å². The molecule has 1 aromatic heterocycles. The van der Waals surface area contributed by atoms with Gasteiger partial charge in [-0.2, -0.15) is 0 Å². The number of anilines is 1. The second kappa shape index (κ2) is 9.08. The predicted octanol–water partition coefficient (Wildman–Crippen LogP) is 4.90. The largest absolute Gasteiger partial charge is 0.320 e. The van der Waals surface area contributed by atoms with E-state index in [9.17, 15) is 4.79 Å². The molecule has 4 aromatic carbocycles. The molecule has 34 heavy (non-hydrogen) atoms. The van der Waals surface area contributed by atoms with E-state index in [0.29, 0.717) is 0 Å². The molecule has 5 rings (SSSR count). The number of hydrogen-bond acceptors (Lipinski definition) is 2.